The normalized spacial score (nSPS) is 15.9. The summed E-state index contributed by atoms with van der Waals surface area (Å²) in [6, 6.07) is 14.5. The number of methoxy groups -OCH3 is 2. The minimum absolute atomic E-state index is 0. The average Bonchev–Trinajstić information content (AvgIpc) is 2.73. The average molecular weight is 408 g/mol. The molecule has 1 heterocycles. The summed E-state index contributed by atoms with van der Waals surface area (Å²) in [5.74, 6) is 2.28. The molecule has 1 aliphatic heterocycles. The molecule has 1 saturated heterocycles. The van der Waals surface area contributed by atoms with E-state index < -0.39 is 0 Å². The van der Waals surface area contributed by atoms with Crippen LogP contribution in [0, 0.1) is 0 Å². The van der Waals surface area contributed by atoms with Crippen molar-refractivity contribution in [2.45, 2.75) is 6.04 Å². The molecular weight excluding hydrogens is 382 g/mol. The predicted octanol–water partition coefficient (Wildman–Crippen LogP) is 3.01. The molecule has 0 bridgehead atoms. The molecular formula is C20H26ClN3O4. The van der Waals surface area contributed by atoms with Crippen LogP contribution in [-0.2, 0) is 0 Å². The number of nitrogens with one attached hydrogen (secondary N) is 2. The lowest BCUT2D eigenvalue weighted by atomic mass is 10.2. The molecule has 1 aliphatic rings. The summed E-state index contributed by atoms with van der Waals surface area (Å²) >= 11 is 0. The van der Waals surface area contributed by atoms with Crippen LogP contribution in [0.5, 0.6) is 17.2 Å². The number of halogens is 1. The number of anilines is 1. The maximum Gasteiger partial charge on any atom is 0.322 e. The van der Waals surface area contributed by atoms with Crippen molar-refractivity contribution in [1.29, 1.82) is 0 Å². The number of piperazine rings is 1. The zero-order valence-corrected chi connectivity index (χ0v) is 16.8. The number of hydrogen-bond acceptors (Lipinski definition) is 5. The maximum absolute atomic E-state index is 12.7. The van der Waals surface area contributed by atoms with Crippen LogP contribution in [0.3, 0.4) is 0 Å². The molecule has 0 aromatic heterocycles. The Morgan fingerprint density at radius 2 is 1.61 bits per heavy atom. The van der Waals surface area contributed by atoms with E-state index in [4.69, 9.17) is 14.2 Å². The second-order valence-corrected chi connectivity index (χ2v) is 6.20. The van der Waals surface area contributed by atoms with Crippen LogP contribution >= 0.6 is 12.4 Å². The van der Waals surface area contributed by atoms with Crippen LogP contribution in [0.2, 0.25) is 0 Å². The Bertz CT molecular complexity index is 740. The van der Waals surface area contributed by atoms with E-state index in [1.807, 2.05) is 53.4 Å². The van der Waals surface area contributed by atoms with Gasteiger partial charge in [0.2, 0.25) is 0 Å². The Labute approximate surface area is 171 Å². The van der Waals surface area contributed by atoms with Gasteiger partial charge in [0.25, 0.3) is 0 Å². The fourth-order valence-corrected chi connectivity index (χ4v) is 2.91. The van der Waals surface area contributed by atoms with E-state index >= 15 is 0 Å². The van der Waals surface area contributed by atoms with E-state index in [0.29, 0.717) is 19.7 Å². The van der Waals surface area contributed by atoms with Gasteiger partial charge in [-0.25, -0.2) is 4.79 Å². The van der Waals surface area contributed by atoms with Crippen molar-refractivity contribution in [3.05, 3.63) is 48.5 Å². The van der Waals surface area contributed by atoms with Crippen molar-refractivity contribution in [2.24, 2.45) is 0 Å². The number of benzene rings is 2. The van der Waals surface area contributed by atoms with Crippen LogP contribution in [-0.4, -0.2) is 57.4 Å². The van der Waals surface area contributed by atoms with Gasteiger partial charge in [0, 0.05) is 25.3 Å². The Hall–Kier alpha value is -2.64. The summed E-state index contributed by atoms with van der Waals surface area (Å²) < 4.78 is 16.2. The second kappa shape index (κ2) is 10.6. The molecule has 2 N–H and O–H groups in total. The summed E-state index contributed by atoms with van der Waals surface area (Å²) in [6.07, 6.45) is 0. The molecule has 8 heteroatoms. The summed E-state index contributed by atoms with van der Waals surface area (Å²) in [6.45, 7) is 2.48. The van der Waals surface area contributed by atoms with Gasteiger partial charge in [-0.1, -0.05) is 0 Å². The van der Waals surface area contributed by atoms with Crippen molar-refractivity contribution in [3.8, 4) is 17.2 Å². The lowest BCUT2D eigenvalue weighted by molar-refractivity contribution is 0.133. The Morgan fingerprint density at radius 3 is 2.21 bits per heavy atom. The first-order chi connectivity index (χ1) is 13.2. The number of ether oxygens (including phenoxy) is 3. The lowest BCUT2D eigenvalue weighted by Crippen LogP contribution is -2.57. The summed E-state index contributed by atoms with van der Waals surface area (Å²) in [5.41, 5.74) is 0.731. The molecule has 1 fully saturated rings. The Kier molecular flexibility index (Phi) is 8.22. The van der Waals surface area contributed by atoms with Crippen molar-refractivity contribution in [2.75, 3.05) is 45.8 Å². The van der Waals surface area contributed by atoms with Crippen LogP contribution < -0.4 is 24.8 Å². The van der Waals surface area contributed by atoms with Crippen molar-refractivity contribution in [1.82, 2.24) is 10.2 Å². The van der Waals surface area contributed by atoms with Crippen LogP contribution in [0.4, 0.5) is 10.5 Å². The highest BCUT2D eigenvalue weighted by Crippen LogP contribution is 2.19. The molecule has 0 aliphatic carbocycles. The fraction of sp³-hybridized carbons (Fsp3) is 0.350. The van der Waals surface area contributed by atoms with Gasteiger partial charge in [-0.3, -0.25) is 0 Å². The third-order valence-corrected chi connectivity index (χ3v) is 4.45. The second-order valence-electron chi connectivity index (χ2n) is 6.20. The van der Waals surface area contributed by atoms with Crippen LogP contribution in [0.1, 0.15) is 0 Å². The quantitative estimate of drug-likeness (QED) is 0.770. The Morgan fingerprint density at radius 1 is 1.04 bits per heavy atom. The monoisotopic (exact) mass is 407 g/mol. The van der Waals surface area contributed by atoms with E-state index in [0.717, 1.165) is 29.5 Å². The standard InChI is InChI=1S/C20H25N3O4.ClH/c1-25-17-5-3-15(4-6-17)22-20(24)23-12-11-21-13-16(23)14-27-19-9-7-18(26-2)8-10-19;/h3-10,16,21H,11-14H2,1-2H3,(H,22,24);1H. The van der Waals surface area contributed by atoms with E-state index in [-0.39, 0.29) is 24.5 Å². The highest BCUT2D eigenvalue weighted by Gasteiger charge is 2.27. The van der Waals surface area contributed by atoms with Crippen molar-refractivity contribution >= 4 is 24.1 Å². The first-order valence-corrected chi connectivity index (χ1v) is 8.89. The van der Waals surface area contributed by atoms with Gasteiger partial charge in [-0.05, 0) is 48.5 Å². The van der Waals surface area contributed by atoms with E-state index in [1.165, 1.54) is 0 Å². The molecule has 2 aromatic rings. The lowest BCUT2D eigenvalue weighted by Gasteiger charge is -2.36. The van der Waals surface area contributed by atoms with Gasteiger partial charge in [-0.2, -0.15) is 0 Å². The fourth-order valence-electron chi connectivity index (χ4n) is 2.91. The van der Waals surface area contributed by atoms with E-state index in [9.17, 15) is 4.79 Å². The molecule has 2 amide bonds. The van der Waals surface area contributed by atoms with E-state index in [2.05, 4.69) is 10.6 Å². The third kappa shape index (κ3) is 5.68. The van der Waals surface area contributed by atoms with E-state index in [1.54, 1.807) is 14.2 Å². The van der Waals surface area contributed by atoms with Gasteiger partial charge in [-0.15, -0.1) is 12.4 Å². The number of amides is 2. The van der Waals surface area contributed by atoms with Gasteiger partial charge < -0.3 is 29.7 Å². The maximum atomic E-state index is 12.7. The number of hydrogen-bond donors (Lipinski definition) is 2. The SMILES string of the molecule is COc1ccc(NC(=O)N2CCNCC2COc2ccc(OC)cc2)cc1.Cl. The molecule has 152 valence electrons. The van der Waals surface area contributed by atoms with Gasteiger partial charge in [0.1, 0.15) is 23.9 Å². The van der Waals surface area contributed by atoms with Crippen LogP contribution in [0.15, 0.2) is 48.5 Å². The molecule has 3 rings (SSSR count). The molecule has 28 heavy (non-hydrogen) atoms. The largest absolute Gasteiger partial charge is 0.497 e. The van der Waals surface area contributed by atoms with Gasteiger partial charge in [0.05, 0.1) is 20.3 Å². The van der Waals surface area contributed by atoms with Gasteiger partial charge >= 0.3 is 6.03 Å². The molecule has 0 radical (unpaired) electrons. The van der Waals surface area contributed by atoms with Gasteiger partial charge in [0.15, 0.2) is 0 Å². The smallest absolute Gasteiger partial charge is 0.322 e. The first-order valence-electron chi connectivity index (χ1n) is 8.89. The highest BCUT2D eigenvalue weighted by atomic mass is 35.5. The third-order valence-electron chi connectivity index (χ3n) is 4.45. The number of carbonyl (C=O) groups excluding carboxylic acids is 1. The molecule has 1 unspecified atom stereocenters. The summed E-state index contributed by atoms with van der Waals surface area (Å²) in [5, 5.41) is 6.25. The number of carbonyl (C=O) groups is 1. The minimum atomic E-state index is -0.134. The molecule has 1 atom stereocenters. The predicted molar refractivity (Wildman–Crippen MR) is 111 cm³/mol. The molecule has 2 aromatic carbocycles. The Balaban J connectivity index is 0.00000280. The summed E-state index contributed by atoms with van der Waals surface area (Å²) in [7, 11) is 3.24. The zero-order valence-electron chi connectivity index (χ0n) is 16.0. The number of rotatable bonds is 6. The summed E-state index contributed by atoms with van der Waals surface area (Å²) in [4.78, 5) is 14.5. The topological polar surface area (TPSA) is 72.1 Å². The van der Waals surface area contributed by atoms with Crippen molar-refractivity contribution < 1.29 is 19.0 Å². The molecule has 7 nitrogen and oxygen atoms in total. The zero-order chi connectivity index (χ0) is 19.1. The van der Waals surface area contributed by atoms with Crippen molar-refractivity contribution in [3.63, 3.8) is 0 Å². The molecule has 0 saturated carbocycles. The molecule has 0 spiro atoms. The van der Waals surface area contributed by atoms with Crippen LogP contribution in [0.25, 0.3) is 0 Å². The number of urea groups is 1. The first kappa shape index (κ1) is 21.7. The highest BCUT2D eigenvalue weighted by molar-refractivity contribution is 5.89. The minimum Gasteiger partial charge on any atom is -0.497 e. The number of nitrogens with zero attached hydrogens (tertiary/aromatic N) is 1.